The fourth-order valence-corrected chi connectivity index (χ4v) is 2.10. The number of carbonyl (C=O) groups excluding carboxylic acids is 1. The van der Waals surface area contributed by atoms with Gasteiger partial charge in [0.25, 0.3) is 0 Å². The monoisotopic (exact) mass is 262 g/mol. The van der Waals surface area contributed by atoms with E-state index in [0.29, 0.717) is 0 Å². The Hall–Kier alpha value is -1.84. The summed E-state index contributed by atoms with van der Waals surface area (Å²) < 4.78 is 5.34. The number of esters is 1. The van der Waals surface area contributed by atoms with Crippen LogP contribution in [-0.2, 0) is 9.53 Å². The standard InChI is InChI=1S/C15H18O4/c1-15(2,3)19-14(18)12-8-11(12)9-5-4-6-10(7-9)13(16)17/h4-7,11-12H,8H2,1-3H3,(H,16,17)/t11-,12+/m0/s1. The highest BCUT2D eigenvalue weighted by molar-refractivity contribution is 5.88. The van der Waals surface area contributed by atoms with Crippen LogP contribution in [0.5, 0.6) is 0 Å². The second kappa shape index (κ2) is 4.68. The molecule has 4 heteroatoms. The molecule has 0 saturated heterocycles. The predicted molar refractivity (Wildman–Crippen MR) is 70.1 cm³/mol. The minimum Gasteiger partial charge on any atom is -0.478 e. The number of carboxylic acids is 1. The lowest BCUT2D eigenvalue weighted by Crippen LogP contribution is -2.25. The van der Waals surface area contributed by atoms with Crippen LogP contribution < -0.4 is 0 Å². The molecule has 0 spiro atoms. The molecule has 1 aromatic rings. The summed E-state index contributed by atoms with van der Waals surface area (Å²) in [5.74, 6) is -1.19. The van der Waals surface area contributed by atoms with Crippen molar-refractivity contribution in [2.24, 2.45) is 5.92 Å². The van der Waals surface area contributed by atoms with Crippen LogP contribution in [0.25, 0.3) is 0 Å². The average molecular weight is 262 g/mol. The Labute approximate surface area is 112 Å². The first-order valence-corrected chi connectivity index (χ1v) is 6.34. The lowest BCUT2D eigenvalue weighted by atomic mass is 10.1. The second-order valence-corrected chi connectivity index (χ2v) is 5.91. The number of ether oxygens (including phenoxy) is 1. The first kappa shape index (κ1) is 13.6. The lowest BCUT2D eigenvalue weighted by Gasteiger charge is -2.19. The van der Waals surface area contributed by atoms with Gasteiger partial charge in [-0.3, -0.25) is 4.79 Å². The third-order valence-electron chi connectivity index (χ3n) is 3.06. The normalized spacial score (nSPS) is 21.8. The maximum absolute atomic E-state index is 11.9. The number of hydrogen-bond donors (Lipinski definition) is 1. The summed E-state index contributed by atoms with van der Waals surface area (Å²) in [7, 11) is 0. The fraction of sp³-hybridized carbons (Fsp3) is 0.467. The van der Waals surface area contributed by atoms with Crippen molar-refractivity contribution in [3.05, 3.63) is 35.4 Å². The van der Waals surface area contributed by atoms with Crippen molar-refractivity contribution in [1.29, 1.82) is 0 Å². The zero-order chi connectivity index (χ0) is 14.2. The lowest BCUT2D eigenvalue weighted by molar-refractivity contribution is -0.156. The van der Waals surface area contributed by atoms with E-state index in [-0.39, 0.29) is 23.4 Å². The van der Waals surface area contributed by atoms with Gasteiger partial charge in [-0.2, -0.15) is 0 Å². The minimum absolute atomic E-state index is 0.0918. The summed E-state index contributed by atoms with van der Waals surface area (Å²) in [5.41, 5.74) is 0.677. The van der Waals surface area contributed by atoms with E-state index in [1.807, 2.05) is 26.8 Å². The van der Waals surface area contributed by atoms with Gasteiger partial charge in [0.15, 0.2) is 0 Å². The highest BCUT2D eigenvalue weighted by atomic mass is 16.6. The van der Waals surface area contributed by atoms with E-state index in [1.165, 1.54) is 0 Å². The first-order valence-electron chi connectivity index (χ1n) is 6.34. The zero-order valence-electron chi connectivity index (χ0n) is 11.3. The van der Waals surface area contributed by atoms with Crippen molar-refractivity contribution in [2.75, 3.05) is 0 Å². The molecule has 0 heterocycles. The zero-order valence-corrected chi connectivity index (χ0v) is 11.3. The van der Waals surface area contributed by atoms with Gasteiger partial charge in [-0.05, 0) is 50.8 Å². The number of carboxylic acid groups (broad SMARTS) is 1. The average Bonchev–Trinajstić information content (AvgIpc) is 3.06. The molecule has 19 heavy (non-hydrogen) atoms. The molecule has 1 aliphatic rings. The van der Waals surface area contributed by atoms with E-state index < -0.39 is 11.6 Å². The van der Waals surface area contributed by atoms with E-state index in [9.17, 15) is 9.59 Å². The second-order valence-electron chi connectivity index (χ2n) is 5.91. The van der Waals surface area contributed by atoms with Crippen LogP contribution in [0.4, 0.5) is 0 Å². The third kappa shape index (κ3) is 3.34. The molecule has 102 valence electrons. The van der Waals surface area contributed by atoms with Gasteiger partial charge < -0.3 is 9.84 Å². The molecule has 4 nitrogen and oxygen atoms in total. The topological polar surface area (TPSA) is 63.6 Å². The predicted octanol–water partition coefficient (Wildman–Crippen LogP) is 2.83. The summed E-state index contributed by atoms with van der Waals surface area (Å²) in [6, 6.07) is 6.76. The Balaban J connectivity index is 2.05. The molecular formula is C15H18O4. The summed E-state index contributed by atoms with van der Waals surface area (Å²) in [6.07, 6.45) is 0.734. The third-order valence-corrected chi connectivity index (χ3v) is 3.06. The highest BCUT2D eigenvalue weighted by Gasteiger charge is 2.46. The van der Waals surface area contributed by atoms with Crippen LogP contribution in [0.1, 0.15) is 49.0 Å². The smallest absolute Gasteiger partial charge is 0.335 e. The quantitative estimate of drug-likeness (QED) is 0.851. The van der Waals surface area contributed by atoms with Crippen LogP contribution in [0.15, 0.2) is 24.3 Å². The maximum Gasteiger partial charge on any atom is 0.335 e. The Morgan fingerprint density at radius 3 is 2.58 bits per heavy atom. The number of carbonyl (C=O) groups is 2. The van der Waals surface area contributed by atoms with Crippen molar-refractivity contribution in [3.8, 4) is 0 Å². The van der Waals surface area contributed by atoms with Gasteiger partial charge in [-0.25, -0.2) is 4.79 Å². The van der Waals surface area contributed by atoms with Crippen molar-refractivity contribution in [1.82, 2.24) is 0 Å². The van der Waals surface area contributed by atoms with E-state index in [0.717, 1.165) is 12.0 Å². The number of aromatic carboxylic acids is 1. The minimum atomic E-state index is -0.948. The molecule has 2 atom stereocenters. The van der Waals surface area contributed by atoms with Crippen molar-refractivity contribution in [2.45, 2.75) is 38.7 Å². The van der Waals surface area contributed by atoms with Gasteiger partial charge in [0, 0.05) is 0 Å². The Bertz CT molecular complexity index is 513. The molecule has 1 aliphatic carbocycles. The van der Waals surface area contributed by atoms with Crippen LogP contribution in [0.2, 0.25) is 0 Å². The largest absolute Gasteiger partial charge is 0.478 e. The van der Waals surface area contributed by atoms with Gasteiger partial charge in [0.05, 0.1) is 11.5 Å². The summed E-state index contributed by atoms with van der Waals surface area (Å²) >= 11 is 0. The van der Waals surface area contributed by atoms with Gasteiger partial charge in [0.2, 0.25) is 0 Å². The maximum atomic E-state index is 11.9. The molecule has 2 rings (SSSR count). The summed E-state index contributed by atoms with van der Waals surface area (Å²) in [5, 5.41) is 8.95. The number of hydrogen-bond acceptors (Lipinski definition) is 3. The Kier molecular flexibility index (Phi) is 3.35. The van der Waals surface area contributed by atoms with Crippen LogP contribution >= 0.6 is 0 Å². The van der Waals surface area contributed by atoms with E-state index >= 15 is 0 Å². The van der Waals surface area contributed by atoms with Gasteiger partial charge in [0.1, 0.15) is 5.60 Å². The van der Waals surface area contributed by atoms with Crippen molar-refractivity contribution < 1.29 is 19.4 Å². The molecular weight excluding hydrogens is 244 g/mol. The summed E-state index contributed by atoms with van der Waals surface area (Å²) in [4.78, 5) is 22.8. The van der Waals surface area contributed by atoms with Crippen LogP contribution in [0, 0.1) is 5.92 Å². The van der Waals surface area contributed by atoms with Crippen LogP contribution in [-0.4, -0.2) is 22.6 Å². The number of benzene rings is 1. The van der Waals surface area contributed by atoms with Crippen LogP contribution in [0.3, 0.4) is 0 Å². The molecule has 1 fully saturated rings. The van der Waals surface area contributed by atoms with Gasteiger partial charge in [-0.1, -0.05) is 12.1 Å². The molecule has 0 aromatic heterocycles. The fourth-order valence-electron chi connectivity index (χ4n) is 2.10. The first-order chi connectivity index (χ1) is 8.78. The van der Waals surface area contributed by atoms with E-state index in [2.05, 4.69) is 0 Å². The summed E-state index contributed by atoms with van der Waals surface area (Å²) in [6.45, 7) is 5.52. The molecule has 1 N–H and O–H groups in total. The molecule has 0 aliphatic heterocycles. The van der Waals surface area contributed by atoms with E-state index in [4.69, 9.17) is 9.84 Å². The van der Waals surface area contributed by atoms with Crippen molar-refractivity contribution in [3.63, 3.8) is 0 Å². The SMILES string of the molecule is CC(C)(C)OC(=O)[C@@H]1C[C@H]1c1cccc(C(=O)O)c1. The molecule has 1 saturated carbocycles. The molecule has 0 radical (unpaired) electrons. The van der Waals surface area contributed by atoms with Gasteiger partial charge >= 0.3 is 11.9 Å². The molecule has 0 unspecified atom stereocenters. The van der Waals surface area contributed by atoms with Gasteiger partial charge in [-0.15, -0.1) is 0 Å². The molecule has 1 aromatic carbocycles. The molecule has 0 bridgehead atoms. The van der Waals surface area contributed by atoms with Crippen molar-refractivity contribution >= 4 is 11.9 Å². The van der Waals surface area contributed by atoms with E-state index in [1.54, 1.807) is 18.2 Å². The number of rotatable bonds is 3. The molecule has 0 amide bonds. The Morgan fingerprint density at radius 1 is 1.32 bits per heavy atom. The highest BCUT2D eigenvalue weighted by Crippen LogP contribution is 2.48. The Morgan fingerprint density at radius 2 is 2.00 bits per heavy atom.